The van der Waals surface area contributed by atoms with Gasteiger partial charge in [0.05, 0.1) is 18.6 Å². The fraction of sp³-hybridized carbons (Fsp3) is 0.333. The van der Waals surface area contributed by atoms with Crippen LogP contribution in [0.4, 0.5) is 0 Å². The van der Waals surface area contributed by atoms with E-state index in [1.54, 1.807) is 26.2 Å². The molecule has 2 aromatic carbocycles. The minimum atomic E-state index is -3.75. The maximum atomic E-state index is 13.2. The number of sulfonamides is 1. The van der Waals surface area contributed by atoms with Gasteiger partial charge >= 0.3 is 0 Å². The number of rotatable bonds is 7. The van der Waals surface area contributed by atoms with E-state index >= 15 is 0 Å². The average molecular weight is 416 g/mol. The summed E-state index contributed by atoms with van der Waals surface area (Å²) in [7, 11) is -0.670. The monoisotopic (exact) mass is 415 g/mol. The Balaban J connectivity index is 1.88. The van der Waals surface area contributed by atoms with Gasteiger partial charge in [-0.1, -0.05) is 49.3 Å². The van der Waals surface area contributed by atoms with Crippen molar-refractivity contribution in [3.8, 4) is 17.1 Å². The number of methoxy groups -OCH3 is 1. The van der Waals surface area contributed by atoms with Crippen molar-refractivity contribution in [3.05, 3.63) is 59.5 Å². The molecule has 29 heavy (non-hydrogen) atoms. The zero-order valence-electron chi connectivity index (χ0n) is 17.2. The highest BCUT2D eigenvalue weighted by Crippen LogP contribution is 2.32. The number of hydrogen-bond donors (Lipinski definition) is 0. The van der Waals surface area contributed by atoms with Gasteiger partial charge in [0.1, 0.15) is 5.75 Å². The average Bonchev–Trinajstić information content (AvgIpc) is 3.16. The molecule has 0 saturated heterocycles. The second kappa shape index (κ2) is 8.34. The SMILES string of the molecule is COc1cc(C)c(S(=O)(=O)N(C)Cc2nc(-c3ccccc3)no2)cc1C(C)C. The van der Waals surface area contributed by atoms with E-state index in [4.69, 9.17) is 9.26 Å². The van der Waals surface area contributed by atoms with Crippen molar-refractivity contribution >= 4 is 10.0 Å². The lowest BCUT2D eigenvalue weighted by Gasteiger charge is -2.20. The van der Waals surface area contributed by atoms with Crippen LogP contribution in [0, 0.1) is 6.92 Å². The van der Waals surface area contributed by atoms with Crippen LogP contribution in [-0.4, -0.2) is 37.0 Å². The zero-order chi connectivity index (χ0) is 21.2. The highest BCUT2D eigenvalue weighted by atomic mass is 32.2. The predicted octanol–water partition coefficient (Wildman–Crippen LogP) is 4.00. The van der Waals surface area contributed by atoms with Gasteiger partial charge in [0, 0.05) is 12.6 Å². The number of ether oxygens (including phenoxy) is 1. The van der Waals surface area contributed by atoms with E-state index in [0.717, 1.165) is 11.1 Å². The van der Waals surface area contributed by atoms with E-state index in [1.165, 1.54) is 11.4 Å². The van der Waals surface area contributed by atoms with E-state index < -0.39 is 10.0 Å². The third-order valence-corrected chi connectivity index (χ3v) is 6.64. The second-order valence-corrected chi connectivity index (χ2v) is 9.17. The molecule has 0 saturated carbocycles. The van der Waals surface area contributed by atoms with Crippen LogP contribution in [0.1, 0.15) is 36.8 Å². The molecule has 0 bridgehead atoms. The Labute approximate surface area is 171 Å². The van der Waals surface area contributed by atoms with E-state index in [0.29, 0.717) is 17.1 Å². The van der Waals surface area contributed by atoms with Crippen molar-refractivity contribution in [3.63, 3.8) is 0 Å². The normalized spacial score (nSPS) is 12.0. The molecule has 0 radical (unpaired) electrons. The van der Waals surface area contributed by atoms with Crippen LogP contribution < -0.4 is 4.74 Å². The summed E-state index contributed by atoms with van der Waals surface area (Å²) in [6, 6.07) is 12.8. The molecule has 7 nitrogen and oxygen atoms in total. The fourth-order valence-electron chi connectivity index (χ4n) is 3.05. The molecule has 0 aliphatic carbocycles. The first-order valence-corrected chi connectivity index (χ1v) is 10.7. The molecule has 154 valence electrons. The summed E-state index contributed by atoms with van der Waals surface area (Å²) in [5.41, 5.74) is 2.27. The van der Waals surface area contributed by atoms with Crippen molar-refractivity contribution < 1.29 is 17.7 Å². The molecule has 3 rings (SSSR count). The first-order valence-electron chi connectivity index (χ1n) is 9.27. The smallest absolute Gasteiger partial charge is 0.243 e. The van der Waals surface area contributed by atoms with Gasteiger partial charge in [0.25, 0.3) is 0 Å². The van der Waals surface area contributed by atoms with Crippen LogP contribution in [0.15, 0.2) is 51.9 Å². The van der Waals surface area contributed by atoms with Crippen LogP contribution in [-0.2, 0) is 16.6 Å². The third-order valence-electron chi connectivity index (χ3n) is 4.70. The van der Waals surface area contributed by atoms with Crippen LogP contribution in [0.3, 0.4) is 0 Å². The van der Waals surface area contributed by atoms with Gasteiger partial charge in [-0.25, -0.2) is 8.42 Å². The maximum Gasteiger partial charge on any atom is 0.243 e. The summed E-state index contributed by atoms with van der Waals surface area (Å²) in [6.07, 6.45) is 0. The summed E-state index contributed by atoms with van der Waals surface area (Å²) < 4.78 is 38.3. The van der Waals surface area contributed by atoms with Crippen molar-refractivity contribution in [2.75, 3.05) is 14.2 Å². The Morgan fingerprint density at radius 1 is 1.17 bits per heavy atom. The second-order valence-electron chi connectivity index (χ2n) is 7.15. The van der Waals surface area contributed by atoms with E-state index in [9.17, 15) is 8.42 Å². The molecule has 0 unspecified atom stereocenters. The van der Waals surface area contributed by atoms with Crippen molar-refractivity contribution in [2.45, 2.75) is 38.1 Å². The summed E-state index contributed by atoms with van der Waals surface area (Å²) in [5.74, 6) is 1.46. The molecule has 0 spiro atoms. The third kappa shape index (κ3) is 4.33. The number of aromatic nitrogens is 2. The Morgan fingerprint density at radius 2 is 1.86 bits per heavy atom. The molecular weight excluding hydrogens is 390 g/mol. The first kappa shape index (κ1) is 21.0. The van der Waals surface area contributed by atoms with Gasteiger partial charge < -0.3 is 9.26 Å². The number of benzene rings is 2. The van der Waals surface area contributed by atoms with Crippen LogP contribution in [0.2, 0.25) is 0 Å². The highest BCUT2D eigenvalue weighted by molar-refractivity contribution is 7.89. The molecule has 0 fully saturated rings. The molecule has 0 aliphatic rings. The van der Waals surface area contributed by atoms with Crippen LogP contribution in [0.5, 0.6) is 5.75 Å². The van der Waals surface area contributed by atoms with Crippen LogP contribution >= 0.6 is 0 Å². The molecule has 0 N–H and O–H groups in total. The molecular formula is C21H25N3O4S. The summed E-state index contributed by atoms with van der Waals surface area (Å²) in [5, 5.41) is 3.95. The lowest BCUT2D eigenvalue weighted by molar-refractivity contribution is 0.336. The molecule has 0 atom stereocenters. The lowest BCUT2D eigenvalue weighted by Crippen LogP contribution is -2.27. The van der Waals surface area contributed by atoms with Gasteiger partial charge in [-0.2, -0.15) is 9.29 Å². The minimum Gasteiger partial charge on any atom is -0.496 e. The highest BCUT2D eigenvalue weighted by Gasteiger charge is 2.27. The minimum absolute atomic E-state index is 0.0232. The molecule has 1 heterocycles. The van der Waals surface area contributed by atoms with Crippen molar-refractivity contribution in [2.24, 2.45) is 0 Å². The van der Waals surface area contributed by atoms with E-state index in [-0.39, 0.29) is 23.2 Å². The van der Waals surface area contributed by atoms with Crippen molar-refractivity contribution in [1.29, 1.82) is 0 Å². The lowest BCUT2D eigenvalue weighted by atomic mass is 10.0. The molecule has 8 heteroatoms. The fourth-order valence-corrected chi connectivity index (χ4v) is 4.41. The maximum absolute atomic E-state index is 13.2. The number of hydrogen-bond acceptors (Lipinski definition) is 6. The summed E-state index contributed by atoms with van der Waals surface area (Å²) >= 11 is 0. The summed E-state index contributed by atoms with van der Waals surface area (Å²) in [6.45, 7) is 5.73. The van der Waals surface area contributed by atoms with E-state index in [1.807, 2.05) is 44.2 Å². The zero-order valence-corrected chi connectivity index (χ0v) is 18.0. The van der Waals surface area contributed by atoms with Gasteiger partial charge in [-0.3, -0.25) is 0 Å². The van der Waals surface area contributed by atoms with Gasteiger partial charge in [0.2, 0.25) is 21.7 Å². The Kier molecular flexibility index (Phi) is 6.04. The largest absolute Gasteiger partial charge is 0.496 e. The van der Waals surface area contributed by atoms with Gasteiger partial charge in [-0.15, -0.1) is 0 Å². The summed E-state index contributed by atoms with van der Waals surface area (Å²) in [4.78, 5) is 4.56. The standard InChI is InChI=1S/C21H25N3O4S/c1-14(2)17-12-19(15(3)11-18(17)27-5)29(25,26)24(4)13-20-22-21(23-28-20)16-9-7-6-8-10-16/h6-12,14H,13H2,1-5H3. The van der Waals surface area contributed by atoms with E-state index in [2.05, 4.69) is 10.1 Å². The Hall–Kier alpha value is -2.71. The molecule has 3 aromatic rings. The van der Waals surface area contributed by atoms with Gasteiger partial charge in [0.15, 0.2) is 0 Å². The first-order chi connectivity index (χ1) is 13.7. The quantitative estimate of drug-likeness (QED) is 0.580. The van der Waals surface area contributed by atoms with Gasteiger partial charge in [-0.05, 0) is 36.1 Å². The Morgan fingerprint density at radius 3 is 2.48 bits per heavy atom. The number of aryl methyl sites for hydroxylation is 1. The molecule has 0 amide bonds. The molecule has 0 aliphatic heterocycles. The van der Waals surface area contributed by atoms with Crippen molar-refractivity contribution in [1.82, 2.24) is 14.4 Å². The topological polar surface area (TPSA) is 85.5 Å². The van der Waals surface area contributed by atoms with Crippen LogP contribution in [0.25, 0.3) is 11.4 Å². The molecule has 1 aromatic heterocycles. The number of nitrogens with zero attached hydrogens (tertiary/aromatic N) is 3. The Bertz CT molecular complexity index is 1090. The predicted molar refractivity (Wildman–Crippen MR) is 110 cm³/mol.